The lowest BCUT2D eigenvalue weighted by atomic mass is 9.83. The Balaban J connectivity index is 1.57. The van der Waals surface area contributed by atoms with Crippen LogP contribution in [0, 0.1) is 18.3 Å². The molecule has 8 nitrogen and oxygen atoms in total. The molecule has 0 aliphatic carbocycles. The lowest BCUT2D eigenvalue weighted by Crippen LogP contribution is -2.22. The van der Waals surface area contributed by atoms with E-state index in [2.05, 4.69) is 6.07 Å². The van der Waals surface area contributed by atoms with Crippen molar-refractivity contribution >= 4 is 17.6 Å². The molecule has 0 amide bonds. The first-order valence-corrected chi connectivity index (χ1v) is 11.8. The SMILES string of the molecule is CCOc1ccc(C2C(C#N)=C(N)Oc3cc(OC(=O)COc4ccc(Cl)cc4C)ccc32)cc1OC. The number of nitriles is 1. The molecule has 0 saturated carbocycles. The number of aryl methyl sites for hydroxylation is 1. The van der Waals surface area contributed by atoms with Crippen LogP contribution in [0.25, 0.3) is 0 Å². The fourth-order valence-corrected chi connectivity index (χ4v) is 4.28. The number of allylic oxidation sites excluding steroid dienone is 1. The fraction of sp³-hybridized carbons (Fsp3) is 0.214. The van der Waals surface area contributed by atoms with Crippen molar-refractivity contribution in [3.63, 3.8) is 0 Å². The molecule has 3 aromatic rings. The standard InChI is InChI=1S/C28H25ClN2O6/c1-4-34-23-9-5-17(12-25(23)33-3)27-20-8-7-19(13-24(20)37-28(31)21(27)14-30)36-26(32)15-35-22-10-6-18(29)11-16(22)2/h5-13,27H,4,15,31H2,1-3H3. The second kappa shape index (κ2) is 11.1. The molecule has 9 heteroatoms. The summed E-state index contributed by atoms with van der Waals surface area (Å²) in [6, 6.07) is 17.6. The molecule has 0 radical (unpaired) electrons. The van der Waals surface area contributed by atoms with Crippen LogP contribution >= 0.6 is 11.6 Å². The number of hydrogen-bond donors (Lipinski definition) is 1. The van der Waals surface area contributed by atoms with Gasteiger partial charge in [0.1, 0.15) is 28.9 Å². The summed E-state index contributed by atoms with van der Waals surface area (Å²) < 4.78 is 27.8. The van der Waals surface area contributed by atoms with Gasteiger partial charge in [0.05, 0.1) is 19.6 Å². The van der Waals surface area contributed by atoms with E-state index < -0.39 is 11.9 Å². The van der Waals surface area contributed by atoms with Gasteiger partial charge in [-0.2, -0.15) is 5.26 Å². The highest BCUT2D eigenvalue weighted by molar-refractivity contribution is 6.30. The Morgan fingerprint density at radius 1 is 1.08 bits per heavy atom. The Bertz CT molecular complexity index is 1410. The van der Waals surface area contributed by atoms with Crippen molar-refractivity contribution in [3.05, 3.63) is 87.8 Å². The summed E-state index contributed by atoms with van der Waals surface area (Å²) in [5.74, 6) is 1.13. The van der Waals surface area contributed by atoms with E-state index in [0.29, 0.717) is 40.2 Å². The quantitative estimate of drug-likeness (QED) is 0.316. The summed E-state index contributed by atoms with van der Waals surface area (Å²) in [7, 11) is 1.55. The number of esters is 1. The summed E-state index contributed by atoms with van der Waals surface area (Å²) >= 11 is 5.96. The van der Waals surface area contributed by atoms with E-state index in [1.165, 1.54) is 0 Å². The zero-order chi connectivity index (χ0) is 26.5. The number of nitrogens with zero attached hydrogens (tertiary/aromatic N) is 1. The lowest BCUT2D eigenvalue weighted by Gasteiger charge is -2.27. The largest absolute Gasteiger partial charge is 0.493 e. The molecule has 37 heavy (non-hydrogen) atoms. The van der Waals surface area contributed by atoms with Crippen molar-refractivity contribution in [2.24, 2.45) is 5.73 Å². The molecule has 4 rings (SSSR count). The molecule has 1 aliphatic rings. The lowest BCUT2D eigenvalue weighted by molar-refractivity contribution is -0.136. The minimum Gasteiger partial charge on any atom is -0.493 e. The first-order chi connectivity index (χ1) is 17.8. The first-order valence-electron chi connectivity index (χ1n) is 11.5. The van der Waals surface area contributed by atoms with Gasteiger partial charge in [0.25, 0.3) is 0 Å². The summed E-state index contributed by atoms with van der Waals surface area (Å²) in [5.41, 5.74) is 8.62. The highest BCUT2D eigenvalue weighted by Crippen LogP contribution is 2.45. The highest BCUT2D eigenvalue weighted by Gasteiger charge is 2.31. The number of carbonyl (C=O) groups is 1. The molecule has 0 aromatic heterocycles. The van der Waals surface area contributed by atoms with E-state index in [4.69, 9.17) is 41.0 Å². The van der Waals surface area contributed by atoms with Gasteiger partial charge >= 0.3 is 5.97 Å². The molecule has 190 valence electrons. The predicted molar refractivity (Wildman–Crippen MR) is 137 cm³/mol. The average Bonchev–Trinajstić information content (AvgIpc) is 2.87. The summed E-state index contributed by atoms with van der Waals surface area (Å²) in [6.07, 6.45) is 0. The van der Waals surface area contributed by atoms with Crippen molar-refractivity contribution in [1.82, 2.24) is 0 Å². The predicted octanol–water partition coefficient (Wildman–Crippen LogP) is 5.26. The molecule has 0 fully saturated rings. The molecule has 3 aromatic carbocycles. The second-order valence-electron chi connectivity index (χ2n) is 8.14. The van der Waals surface area contributed by atoms with E-state index in [-0.39, 0.29) is 23.8 Å². The maximum Gasteiger partial charge on any atom is 0.349 e. The smallest absolute Gasteiger partial charge is 0.349 e. The molecule has 1 heterocycles. The van der Waals surface area contributed by atoms with E-state index >= 15 is 0 Å². The van der Waals surface area contributed by atoms with Crippen LogP contribution in [0.15, 0.2) is 66.1 Å². The zero-order valence-electron chi connectivity index (χ0n) is 20.5. The molecule has 0 bridgehead atoms. The summed E-state index contributed by atoms with van der Waals surface area (Å²) in [5, 5.41) is 10.4. The Kier molecular flexibility index (Phi) is 7.75. The zero-order valence-corrected chi connectivity index (χ0v) is 21.3. The van der Waals surface area contributed by atoms with E-state index in [1.54, 1.807) is 55.6 Å². The molecule has 2 N–H and O–H groups in total. The van der Waals surface area contributed by atoms with Crippen LogP contribution in [-0.4, -0.2) is 26.3 Å². The average molecular weight is 521 g/mol. The second-order valence-corrected chi connectivity index (χ2v) is 8.58. The Morgan fingerprint density at radius 3 is 2.57 bits per heavy atom. The Labute approximate surface area is 219 Å². The molecule has 0 saturated heterocycles. The van der Waals surface area contributed by atoms with Gasteiger partial charge in [0, 0.05) is 16.7 Å². The number of hydrogen-bond acceptors (Lipinski definition) is 8. The fourth-order valence-electron chi connectivity index (χ4n) is 4.05. The van der Waals surface area contributed by atoms with Crippen molar-refractivity contribution < 1.29 is 28.5 Å². The molecular formula is C28H25ClN2O6. The third kappa shape index (κ3) is 5.57. The monoisotopic (exact) mass is 520 g/mol. The summed E-state index contributed by atoms with van der Waals surface area (Å²) in [4.78, 5) is 12.4. The number of methoxy groups -OCH3 is 1. The minimum atomic E-state index is -0.598. The van der Waals surface area contributed by atoms with E-state index in [0.717, 1.165) is 11.1 Å². The van der Waals surface area contributed by atoms with Gasteiger partial charge in [-0.1, -0.05) is 23.7 Å². The Hall–Kier alpha value is -4.35. The van der Waals surface area contributed by atoms with Gasteiger partial charge in [-0.3, -0.25) is 0 Å². The third-order valence-electron chi connectivity index (χ3n) is 5.73. The van der Waals surface area contributed by atoms with Crippen molar-refractivity contribution in [2.75, 3.05) is 20.3 Å². The van der Waals surface area contributed by atoms with Gasteiger partial charge in [-0.05, 0) is 61.4 Å². The van der Waals surface area contributed by atoms with Crippen molar-refractivity contribution in [3.8, 4) is 34.8 Å². The number of carbonyl (C=O) groups excluding carboxylic acids is 1. The number of fused-ring (bicyclic) bond motifs is 1. The summed E-state index contributed by atoms with van der Waals surface area (Å²) in [6.45, 7) is 3.90. The van der Waals surface area contributed by atoms with Crippen LogP contribution in [-0.2, 0) is 4.79 Å². The molecule has 1 aliphatic heterocycles. The number of rotatable bonds is 8. The Morgan fingerprint density at radius 2 is 1.86 bits per heavy atom. The molecule has 1 unspecified atom stereocenters. The topological polar surface area (TPSA) is 113 Å². The van der Waals surface area contributed by atoms with Gasteiger partial charge in [0.2, 0.25) is 5.88 Å². The molecule has 0 spiro atoms. The molecular weight excluding hydrogens is 496 g/mol. The van der Waals surface area contributed by atoms with E-state index in [9.17, 15) is 10.1 Å². The third-order valence-corrected chi connectivity index (χ3v) is 5.96. The van der Waals surface area contributed by atoms with Crippen LogP contribution in [0.5, 0.6) is 28.7 Å². The van der Waals surface area contributed by atoms with Crippen LogP contribution in [0.4, 0.5) is 0 Å². The van der Waals surface area contributed by atoms with Crippen LogP contribution in [0.2, 0.25) is 5.02 Å². The van der Waals surface area contributed by atoms with Crippen LogP contribution < -0.4 is 29.4 Å². The van der Waals surface area contributed by atoms with Gasteiger partial charge in [0.15, 0.2) is 18.1 Å². The normalized spacial score (nSPS) is 14.2. The highest BCUT2D eigenvalue weighted by atomic mass is 35.5. The van der Waals surface area contributed by atoms with Crippen molar-refractivity contribution in [1.29, 1.82) is 5.26 Å². The number of benzene rings is 3. The van der Waals surface area contributed by atoms with Crippen molar-refractivity contribution in [2.45, 2.75) is 19.8 Å². The molecule has 1 atom stereocenters. The maximum absolute atomic E-state index is 12.4. The first kappa shape index (κ1) is 25.7. The van der Waals surface area contributed by atoms with Gasteiger partial charge < -0.3 is 29.4 Å². The van der Waals surface area contributed by atoms with E-state index in [1.807, 2.05) is 19.9 Å². The number of nitrogens with two attached hydrogens (primary N) is 1. The minimum absolute atomic E-state index is 0.0297. The number of halogens is 1. The van der Waals surface area contributed by atoms with Crippen LogP contribution in [0.1, 0.15) is 29.5 Å². The van der Waals surface area contributed by atoms with Gasteiger partial charge in [-0.15, -0.1) is 0 Å². The number of ether oxygens (including phenoxy) is 5. The maximum atomic E-state index is 12.4. The van der Waals surface area contributed by atoms with Crippen LogP contribution in [0.3, 0.4) is 0 Å². The van der Waals surface area contributed by atoms with Gasteiger partial charge in [-0.25, -0.2) is 4.79 Å².